The summed E-state index contributed by atoms with van der Waals surface area (Å²) in [6.45, 7) is 8.75. The molecule has 1 saturated heterocycles. The molecule has 1 amide bonds. The van der Waals surface area contributed by atoms with Crippen molar-refractivity contribution in [3.05, 3.63) is 71.8 Å². The van der Waals surface area contributed by atoms with Crippen LogP contribution >= 0.6 is 12.6 Å². The van der Waals surface area contributed by atoms with Crippen molar-refractivity contribution in [3.8, 4) is 0 Å². The van der Waals surface area contributed by atoms with Gasteiger partial charge in [0.25, 0.3) is 0 Å². The lowest BCUT2D eigenvalue weighted by atomic mass is 9.89. The number of nitrogens with one attached hydrogen (secondary N) is 1. The molecule has 1 fully saturated rings. The lowest BCUT2D eigenvalue weighted by molar-refractivity contribution is -0.133. The molecule has 3 nitrogen and oxygen atoms in total. The van der Waals surface area contributed by atoms with Gasteiger partial charge in [-0.2, -0.15) is 12.6 Å². The van der Waals surface area contributed by atoms with Gasteiger partial charge in [0, 0.05) is 36.7 Å². The fourth-order valence-corrected chi connectivity index (χ4v) is 4.34. The van der Waals surface area contributed by atoms with Crippen molar-refractivity contribution in [1.29, 1.82) is 0 Å². The average Bonchev–Trinajstić information content (AvgIpc) is 3.09. The molecule has 3 rings (SSSR count). The second kappa shape index (κ2) is 9.82. The van der Waals surface area contributed by atoms with Crippen molar-refractivity contribution in [3.63, 3.8) is 0 Å². The molecule has 1 aliphatic heterocycles. The van der Waals surface area contributed by atoms with Crippen molar-refractivity contribution >= 4 is 18.5 Å². The first-order valence-corrected chi connectivity index (χ1v) is 11.1. The number of thiol groups is 1. The maximum atomic E-state index is 13.3. The summed E-state index contributed by atoms with van der Waals surface area (Å²) in [5.41, 5.74) is 2.46. The third-order valence-corrected chi connectivity index (χ3v) is 6.19. The van der Waals surface area contributed by atoms with Crippen LogP contribution in [-0.2, 0) is 4.79 Å². The van der Waals surface area contributed by atoms with Crippen LogP contribution in [0.25, 0.3) is 0 Å². The Bertz CT molecular complexity index is 733. The zero-order valence-electron chi connectivity index (χ0n) is 17.8. The number of benzene rings is 2. The highest BCUT2D eigenvalue weighted by Crippen LogP contribution is 2.28. The highest BCUT2D eigenvalue weighted by atomic mass is 32.1. The molecular formula is C25H34N2OS. The summed E-state index contributed by atoms with van der Waals surface area (Å²) in [6, 6.07) is 21.3. The maximum Gasteiger partial charge on any atom is 0.223 e. The molecule has 0 unspecified atom stereocenters. The van der Waals surface area contributed by atoms with Gasteiger partial charge >= 0.3 is 0 Å². The third kappa shape index (κ3) is 6.35. The molecule has 0 aromatic heterocycles. The molecule has 2 atom stereocenters. The van der Waals surface area contributed by atoms with Gasteiger partial charge in [0.15, 0.2) is 0 Å². The van der Waals surface area contributed by atoms with Crippen molar-refractivity contribution in [2.75, 3.05) is 19.6 Å². The zero-order chi connectivity index (χ0) is 20.9. The molecule has 2 aromatic rings. The van der Waals surface area contributed by atoms with Crippen LogP contribution < -0.4 is 5.32 Å². The first kappa shape index (κ1) is 21.9. The zero-order valence-corrected chi connectivity index (χ0v) is 18.7. The molecular weight excluding hydrogens is 376 g/mol. The summed E-state index contributed by atoms with van der Waals surface area (Å²) in [7, 11) is 0. The van der Waals surface area contributed by atoms with Gasteiger partial charge in [-0.3, -0.25) is 4.79 Å². The van der Waals surface area contributed by atoms with Gasteiger partial charge in [-0.1, -0.05) is 81.4 Å². The van der Waals surface area contributed by atoms with E-state index in [0.29, 0.717) is 24.8 Å². The van der Waals surface area contributed by atoms with Crippen molar-refractivity contribution in [2.45, 2.75) is 50.8 Å². The predicted octanol–water partition coefficient (Wildman–Crippen LogP) is 4.74. The van der Waals surface area contributed by atoms with Crippen LogP contribution in [0.4, 0.5) is 0 Å². The molecule has 156 valence electrons. The molecule has 4 heteroatoms. The van der Waals surface area contributed by atoms with E-state index < -0.39 is 0 Å². The van der Waals surface area contributed by atoms with Gasteiger partial charge in [0.1, 0.15) is 0 Å². The predicted molar refractivity (Wildman–Crippen MR) is 125 cm³/mol. The van der Waals surface area contributed by atoms with E-state index in [1.165, 1.54) is 11.1 Å². The van der Waals surface area contributed by atoms with E-state index in [1.807, 2.05) is 12.1 Å². The number of amides is 1. The summed E-state index contributed by atoms with van der Waals surface area (Å²) >= 11 is 4.75. The Morgan fingerprint density at radius 1 is 1.07 bits per heavy atom. The fourth-order valence-electron chi connectivity index (χ4n) is 4.02. The van der Waals surface area contributed by atoms with Crippen molar-refractivity contribution < 1.29 is 4.79 Å². The molecule has 1 aliphatic rings. The van der Waals surface area contributed by atoms with E-state index in [0.717, 1.165) is 13.0 Å². The molecule has 29 heavy (non-hydrogen) atoms. The van der Waals surface area contributed by atoms with E-state index in [4.69, 9.17) is 12.6 Å². The number of nitrogens with zero attached hydrogens (tertiary/aromatic N) is 1. The molecule has 0 spiro atoms. The molecule has 1 N–H and O–H groups in total. The Morgan fingerprint density at radius 2 is 1.62 bits per heavy atom. The number of carbonyl (C=O) groups excluding carboxylic acids is 1. The summed E-state index contributed by atoms with van der Waals surface area (Å²) in [4.78, 5) is 15.4. The van der Waals surface area contributed by atoms with E-state index in [-0.39, 0.29) is 23.3 Å². The van der Waals surface area contributed by atoms with Crippen molar-refractivity contribution in [2.24, 2.45) is 5.41 Å². The Labute approximate surface area is 181 Å². The summed E-state index contributed by atoms with van der Waals surface area (Å²) < 4.78 is 0. The first-order chi connectivity index (χ1) is 13.8. The molecule has 0 bridgehead atoms. The van der Waals surface area contributed by atoms with Gasteiger partial charge in [-0.05, 0) is 29.5 Å². The SMILES string of the molecule is CC(C)(C)CC(=O)N(CC(c1ccccc1)c1ccccc1)C[C@H]1NCC[C@H]1S. The minimum atomic E-state index is -0.0339. The van der Waals surface area contributed by atoms with E-state index in [9.17, 15) is 4.79 Å². The third-order valence-electron chi connectivity index (χ3n) is 5.57. The van der Waals surface area contributed by atoms with E-state index >= 15 is 0 Å². The number of hydrogen-bond donors (Lipinski definition) is 2. The summed E-state index contributed by atoms with van der Waals surface area (Å²) in [5.74, 6) is 0.379. The average molecular weight is 411 g/mol. The molecule has 2 aromatic carbocycles. The van der Waals surface area contributed by atoms with Crippen LogP contribution in [0.1, 0.15) is 50.7 Å². The Hall–Kier alpha value is -1.78. The molecule has 1 heterocycles. The quantitative estimate of drug-likeness (QED) is 0.646. The topological polar surface area (TPSA) is 32.3 Å². The second-order valence-corrected chi connectivity index (χ2v) is 9.99. The minimum Gasteiger partial charge on any atom is -0.340 e. The Balaban J connectivity index is 1.88. The van der Waals surface area contributed by atoms with Crippen LogP contribution in [0.5, 0.6) is 0 Å². The molecule has 0 radical (unpaired) electrons. The maximum absolute atomic E-state index is 13.3. The van der Waals surface area contributed by atoms with Gasteiger partial charge in [-0.25, -0.2) is 0 Å². The first-order valence-electron chi connectivity index (χ1n) is 10.6. The highest BCUT2D eigenvalue weighted by Gasteiger charge is 2.31. The monoisotopic (exact) mass is 410 g/mol. The lowest BCUT2D eigenvalue weighted by Gasteiger charge is -2.33. The molecule has 0 aliphatic carbocycles. The van der Waals surface area contributed by atoms with Crippen LogP contribution in [0, 0.1) is 5.41 Å². The standard InChI is InChI=1S/C25H34N2OS/c1-25(2,3)16-24(28)27(18-22-23(29)14-15-26-22)17-21(19-10-6-4-7-11-19)20-12-8-5-9-13-20/h4-13,21-23,26,29H,14-18H2,1-3H3/t22-,23-/m1/s1. The highest BCUT2D eigenvalue weighted by molar-refractivity contribution is 7.81. The van der Waals surface area contributed by atoms with Crippen molar-refractivity contribution in [1.82, 2.24) is 10.2 Å². The molecule has 0 saturated carbocycles. The fraction of sp³-hybridized carbons (Fsp3) is 0.480. The normalized spacial score (nSPS) is 19.5. The summed E-state index contributed by atoms with van der Waals surface area (Å²) in [6.07, 6.45) is 1.60. The van der Waals surface area contributed by atoms with Crippen LogP contribution in [-0.4, -0.2) is 41.7 Å². The van der Waals surface area contributed by atoms with Crippen LogP contribution in [0.15, 0.2) is 60.7 Å². The summed E-state index contributed by atoms with van der Waals surface area (Å²) in [5, 5.41) is 3.84. The second-order valence-electron chi connectivity index (χ2n) is 9.33. The largest absolute Gasteiger partial charge is 0.340 e. The lowest BCUT2D eigenvalue weighted by Crippen LogP contribution is -2.46. The minimum absolute atomic E-state index is 0.0339. The smallest absolute Gasteiger partial charge is 0.223 e. The Morgan fingerprint density at radius 3 is 2.07 bits per heavy atom. The van der Waals surface area contributed by atoms with E-state index in [2.05, 4.69) is 79.5 Å². The van der Waals surface area contributed by atoms with Gasteiger partial charge in [-0.15, -0.1) is 0 Å². The van der Waals surface area contributed by atoms with Gasteiger partial charge in [0.05, 0.1) is 0 Å². The number of rotatable bonds is 7. The van der Waals surface area contributed by atoms with Crippen LogP contribution in [0.3, 0.4) is 0 Å². The van der Waals surface area contributed by atoms with E-state index in [1.54, 1.807) is 0 Å². The van der Waals surface area contributed by atoms with Crippen LogP contribution in [0.2, 0.25) is 0 Å². The van der Waals surface area contributed by atoms with Gasteiger partial charge in [0.2, 0.25) is 5.91 Å². The Kier molecular flexibility index (Phi) is 7.42. The van der Waals surface area contributed by atoms with Gasteiger partial charge < -0.3 is 10.2 Å². The number of carbonyl (C=O) groups is 1. The number of hydrogen-bond acceptors (Lipinski definition) is 3.